The molecular formula is C13H15BrN2O3. The van der Waals surface area contributed by atoms with Crippen molar-refractivity contribution in [1.29, 1.82) is 0 Å². The molecule has 6 heteroatoms. The summed E-state index contributed by atoms with van der Waals surface area (Å²) in [6.07, 6.45) is 1.34. The van der Waals surface area contributed by atoms with E-state index in [4.69, 9.17) is 5.73 Å². The van der Waals surface area contributed by atoms with Gasteiger partial charge in [-0.2, -0.15) is 0 Å². The number of amides is 1. The van der Waals surface area contributed by atoms with E-state index in [-0.39, 0.29) is 17.4 Å². The van der Waals surface area contributed by atoms with Crippen LogP contribution in [0.2, 0.25) is 0 Å². The van der Waals surface area contributed by atoms with Crippen molar-refractivity contribution in [2.45, 2.75) is 12.8 Å². The fraction of sp³-hybridized carbons (Fsp3) is 0.385. The van der Waals surface area contributed by atoms with E-state index in [1.807, 2.05) is 4.90 Å². The molecule has 2 rings (SSSR count). The van der Waals surface area contributed by atoms with Gasteiger partial charge in [-0.15, -0.1) is 0 Å². The number of primary amides is 1. The molecule has 102 valence electrons. The van der Waals surface area contributed by atoms with Gasteiger partial charge in [0.05, 0.1) is 11.3 Å². The van der Waals surface area contributed by atoms with Crippen LogP contribution in [0.15, 0.2) is 22.7 Å². The second-order valence-electron chi connectivity index (χ2n) is 4.63. The number of nitrogens with zero attached hydrogens (tertiary/aromatic N) is 1. The first-order chi connectivity index (χ1) is 8.99. The van der Waals surface area contributed by atoms with E-state index in [1.165, 1.54) is 0 Å². The lowest BCUT2D eigenvalue weighted by Crippen LogP contribution is -2.39. The van der Waals surface area contributed by atoms with Gasteiger partial charge in [0.2, 0.25) is 5.91 Å². The summed E-state index contributed by atoms with van der Waals surface area (Å²) in [4.78, 5) is 24.4. The van der Waals surface area contributed by atoms with Crippen LogP contribution in [0.25, 0.3) is 0 Å². The van der Waals surface area contributed by atoms with Gasteiger partial charge < -0.3 is 15.7 Å². The lowest BCUT2D eigenvalue weighted by atomic mass is 9.95. The quantitative estimate of drug-likeness (QED) is 0.887. The molecule has 0 unspecified atom stereocenters. The van der Waals surface area contributed by atoms with Crippen LogP contribution in [0.5, 0.6) is 0 Å². The molecule has 1 heterocycles. The summed E-state index contributed by atoms with van der Waals surface area (Å²) >= 11 is 3.35. The van der Waals surface area contributed by atoms with Gasteiger partial charge in [-0.25, -0.2) is 4.79 Å². The van der Waals surface area contributed by atoms with Crippen molar-refractivity contribution in [3.05, 3.63) is 28.2 Å². The third kappa shape index (κ3) is 3.07. The Morgan fingerprint density at radius 2 is 1.95 bits per heavy atom. The first-order valence-corrected chi connectivity index (χ1v) is 6.85. The molecule has 1 aliphatic rings. The molecule has 1 aliphatic heterocycles. The minimum Gasteiger partial charge on any atom is -0.478 e. The van der Waals surface area contributed by atoms with Gasteiger partial charge in [0.25, 0.3) is 0 Å². The van der Waals surface area contributed by atoms with Crippen molar-refractivity contribution in [2.24, 2.45) is 11.7 Å². The standard InChI is InChI=1S/C13H15BrN2O3/c14-9-1-2-10(13(18)19)11(7-9)16-5-3-8(4-6-16)12(15)17/h1-2,7-8H,3-6H2,(H2,15,17)(H,18,19). The van der Waals surface area contributed by atoms with Crippen LogP contribution in [0, 0.1) is 5.92 Å². The molecule has 0 bridgehead atoms. The highest BCUT2D eigenvalue weighted by atomic mass is 79.9. The number of carbonyl (C=O) groups excluding carboxylic acids is 1. The van der Waals surface area contributed by atoms with E-state index in [2.05, 4.69) is 15.9 Å². The maximum atomic E-state index is 11.2. The van der Waals surface area contributed by atoms with Gasteiger partial charge >= 0.3 is 5.97 Å². The van der Waals surface area contributed by atoms with E-state index >= 15 is 0 Å². The fourth-order valence-corrected chi connectivity index (χ4v) is 2.70. The molecule has 3 N–H and O–H groups in total. The Morgan fingerprint density at radius 3 is 2.47 bits per heavy atom. The van der Waals surface area contributed by atoms with Crippen molar-refractivity contribution >= 4 is 33.5 Å². The van der Waals surface area contributed by atoms with Crippen LogP contribution in [0.3, 0.4) is 0 Å². The molecule has 0 spiro atoms. The third-order valence-electron chi connectivity index (χ3n) is 3.43. The predicted octanol–water partition coefficient (Wildman–Crippen LogP) is 1.85. The summed E-state index contributed by atoms with van der Waals surface area (Å²) in [7, 11) is 0. The lowest BCUT2D eigenvalue weighted by Gasteiger charge is -2.33. The minimum absolute atomic E-state index is 0.100. The Labute approximate surface area is 119 Å². The van der Waals surface area contributed by atoms with Crippen LogP contribution in [0.4, 0.5) is 5.69 Å². The Bertz CT molecular complexity index is 511. The van der Waals surface area contributed by atoms with Crippen LogP contribution < -0.4 is 10.6 Å². The number of anilines is 1. The van der Waals surface area contributed by atoms with E-state index in [9.17, 15) is 14.7 Å². The first kappa shape index (κ1) is 13.9. The number of benzene rings is 1. The summed E-state index contributed by atoms with van der Waals surface area (Å²) in [6, 6.07) is 5.10. The number of nitrogens with two attached hydrogens (primary N) is 1. The molecule has 5 nitrogen and oxygen atoms in total. The Balaban J connectivity index is 2.21. The second-order valence-corrected chi connectivity index (χ2v) is 5.55. The maximum Gasteiger partial charge on any atom is 0.337 e. The summed E-state index contributed by atoms with van der Waals surface area (Å²) in [5.74, 6) is -1.32. The zero-order valence-electron chi connectivity index (χ0n) is 10.3. The molecule has 1 amide bonds. The molecule has 1 aromatic rings. The minimum atomic E-state index is -0.945. The van der Waals surface area contributed by atoms with Crippen LogP contribution in [-0.2, 0) is 4.79 Å². The topological polar surface area (TPSA) is 83.6 Å². The summed E-state index contributed by atoms with van der Waals surface area (Å²) < 4.78 is 0.838. The molecule has 19 heavy (non-hydrogen) atoms. The second kappa shape index (κ2) is 5.61. The van der Waals surface area contributed by atoms with E-state index in [0.717, 1.165) is 4.47 Å². The van der Waals surface area contributed by atoms with Crippen LogP contribution in [-0.4, -0.2) is 30.1 Å². The van der Waals surface area contributed by atoms with Crippen molar-refractivity contribution in [2.75, 3.05) is 18.0 Å². The molecule has 0 atom stereocenters. The molecule has 1 aromatic carbocycles. The fourth-order valence-electron chi connectivity index (χ4n) is 2.35. The SMILES string of the molecule is NC(=O)C1CCN(c2cc(Br)ccc2C(=O)O)CC1. The Kier molecular flexibility index (Phi) is 4.09. The van der Waals surface area contributed by atoms with Crippen molar-refractivity contribution in [3.8, 4) is 0 Å². The molecule has 1 fully saturated rings. The summed E-state index contributed by atoms with van der Waals surface area (Å²) in [5.41, 5.74) is 6.26. The number of carboxylic acid groups (broad SMARTS) is 1. The average Bonchev–Trinajstić information content (AvgIpc) is 2.38. The van der Waals surface area contributed by atoms with Crippen molar-refractivity contribution in [1.82, 2.24) is 0 Å². The van der Waals surface area contributed by atoms with Crippen LogP contribution >= 0.6 is 15.9 Å². The van der Waals surface area contributed by atoms with Gasteiger partial charge in [0.1, 0.15) is 0 Å². The van der Waals surface area contributed by atoms with Gasteiger partial charge in [0, 0.05) is 23.5 Å². The number of piperidine rings is 1. The van der Waals surface area contributed by atoms with Gasteiger partial charge in [-0.3, -0.25) is 4.79 Å². The predicted molar refractivity (Wildman–Crippen MR) is 75.2 cm³/mol. The van der Waals surface area contributed by atoms with E-state index < -0.39 is 5.97 Å². The highest BCUT2D eigenvalue weighted by Crippen LogP contribution is 2.29. The number of hydrogen-bond acceptors (Lipinski definition) is 3. The number of carboxylic acids is 1. The molecule has 0 aromatic heterocycles. The number of hydrogen-bond donors (Lipinski definition) is 2. The van der Waals surface area contributed by atoms with Crippen LogP contribution in [0.1, 0.15) is 23.2 Å². The number of carbonyl (C=O) groups is 2. The van der Waals surface area contributed by atoms with Gasteiger partial charge in [-0.1, -0.05) is 15.9 Å². The third-order valence-corrected chi connectivity index (χ3v) is 3.92. The molecule has 0 saturated carbocycles. The average molecular weight is 327 g/mol. The Hall–Kier alpha value is -1.56. The number of rotatable bonds is 3. The van der Waals surface area contributed by atoms with Crippen molar-refractivity contribution in [3.63, 3.8) is 0 Å². The van der Waals surface area contributed by atoms with E-state index in [1.54, 1.807) is 18.2 Å². The zero-order chi connectivity index (χ0) is 14.0. The Morgan fingerprint density at radius 1 is 1.32 bits per heavy atom. The molecule has 0 aliphatic carbocycles. The zero-order valence-corrected chi connectivity index (χ0v) is 11.9. The number of halogens is 1. The molecule has 1 saturated heterocycles. The molecular weight excluding hydrogens is 312 g/mol. The normalized spacial score (nSPS) is 16.4. The largest absolute Gasteiger partial charge is 0.478 e. The number of aromatic carboxylic acids is 1. The van der Waals surface area contributed by atoms with Crippen molar-refractivity contribution < 1.29 is 14.7 Å². The smallest absolute Gasteiger partial charge is 0.337 e. The highest BCUT2D eigenvalue weighted by Gasteiger charge is 2.25. The maximum absolute atomic E-state index is 11.2. The lowest BCUT2D eigenvalue weighted by molar-refractivity contribution is -0.122. The summed E-state index contributed by atoms with van der Waals surface area (Å²) in [6.45, 7) is 1.29. The first-order valence-electron chi connectivity index (χ1n) is 6.06. The molecule has 0 radical (unpaired) electrons. The highest BCUT2D eigenvalue weighted by molar-refractivity contribution is 9.10. The summed E-state index contributed by atoms with van der Waals surface area (Å²) in [5, 5.41) is 9.21. The van der Waals surface area contributed by atoms with Gasteiger partial charge in [0.15, 0.2) is 0 Å². The monoisotopic (exact) mass is 326 g/mol. The van der Waals surface area contributed by atoms with Gasteiger partial charge in [-0.05, 0) is 31.0 Å². The van der Waals surface area contributed by atoms with E-state index in [0.29, 0.717) is 31.6 Å².